The summed E-state index contributed by atoms with van der Waals surface area (Å²) in [5.41, 5.74) is 1.18. The quantitative estimate of drug-likeness (QED) is 0.601. The van der Waals surface area contributed by atoms with Gasteiger partial charge in [-0.05, 0) is 46.3 Å². The topological polar surface area (TPSA) is 0 Å². The van der Waals surface area contributed by atoms with Crippen molar-refractivity contribution in [3.8, 4) is 0 Å². The maximum Gasteiger partial charge on any atom is 0.0291 e. The highest BCUT2D eigenvalue weighted by Crippen LogP contribution is 3.10. The maximum absolute atomic E-state index is 6.12. The molecule has 0 N–H and O–H groups in total. The van der Waals surface area contributed by atoms with Gasteiger partial charge in [0.25, 0.3) is 0 Å². The zero-order chi connectivity index (χ0) is 7.88. The fourth-order valence-corrected chi connectivity index (χ4v) is 7.80. The Bertz CT molecular complexity index is 272. The van der Waals surface area contributed by atoms with Gasteiger partial charge in [0, 0.05) is 11.8 Å². The molecule has 6 aliphatic rings. The molecule has 0 heterocycles. The van der Waals surface area contributed by atoms with Crippen LogP contribution in [0.15, 0.2) is 0 Å². The molecular weight excluding hydrogens is 191 g/mol. The van der Waals surface area contributed by atoms with E-state index in [0.29, 0.717) is 10.8 Å². The number of alkyl halides is 2. The molecule has 2 heteroatoms. The molecule has 0 amide bonds. The summed E-state index contributed by atoms with van der Waals surface area (Å²) in [4.78, 5) is 0. The van der Waals surface area contributed by atoms with E-state index in [2.05, 4.69) is 0 Å². The first-order valence-corrected chi connectivity index (χ1v) is 6.05. The van der Waals surface area contributed by atoms with Crippen LogP contribution < -0.4 is 0 Å². The zero-order valence-corrected chi connectivity index (χ0v) is 8.15. The van der Waals surface area contributed by atoms with E-state index in [1.807, 2.05) is 0 Å². The van der Waals surface area contributed by atoms with Crippen molar-refractivity contribution >= 4 is 23.2 Å². The van der Waals surface area contributed by atoms with Gasteiger partial charge in [0.05, 0.1) is 0 Å². The SMILES string of the molecule is ClCC12C3C4C5C3C1(CCl)C5C42. The molecule has 4 atom stereocenters. The summed E-state index contributed by atoms with van der Waals surface area (Å²) in [7, 11) is 0. The van der Waals surface area contributed by atoms with Gasteiger partial charge in [0.2, 0.25) is 0 Å². The Balaban J connectivity index is 1.74. The molecule has 0 aromatic heterocycles. The summed E-state index contributed by atoms with van der Waals surface area (Å²) in [5.74, 6) is 8.30. The molecule has 4 unspecified atom stereocenters. The van der Waals surface area contributed by atoms with E-state index in [1.54, 1.807) is 0 Å². The summed E-state index contributed by atoms with van der Waals surface area (Å²) >= 11 is 12.2. The molecule has 6 saturated carbocycles. The molecular formula is C10H10Cl2. The average molecular weight is 201 g/mol. The van der Waals surface area contributed by atoms with Crippen LogP contribution in [0.3, 0.4) is 0 Å². The lowest BCUT2D eigenvalue weighted by Crippen LogP contribution is -3.10. The Labute approximate surface area is 81.6 Å². The van der Waals surface area contributed by atoms with Crippen LogP contribution in [0.1, 0.15) is 0 Å². The first-order valence-electron chi connectivity index (χ1n) is 4.98. The maximum atomic E-state index is 6.12. The van der Waals surface area contributed by atoms with Crippen LogP contribution in [0.25, 0.3) is 0 Å². The summed E-state index contributed by atoms with van der Waals surface area (Å²) in [6.07, 6.45) is 0. The van der Waals surface area contributed by atoms with Crippen molar-refractivity contribution in [3.05, 3.63) is 0 Å². The second-order valence-electron chi connectivity index (χ2n) is 5.61. The van der Waals surface area contributed by atoms with Crippen LogP contribution in [-0.4, -0.2) is 11.8 Å². The Hall–Kier alpha value is 0.580. The van der Waals surface area contributed by atoms with Crippen molar-refractivity contribution in [2.45, 2.75) is 0 Å². The van der Waals surface area contributed by atoms with E-state index in [1.165, 1.54) is 0 Å². The van der Waals surface area contributed by atoms with Gasteiger partial charge in [-0.25, -0.2) is 0 Å². The Kier molecular flexibility index (Phi) is 0.624. The lowest BCUT2D eigenvalue weighted by Gasteiger charge is -3.12. The van der Waals surface area contributed by atoms with Crippen molar-refractivity contribution in [2.75, 3.05) is 11.8 Å². The zero-order valence-electron chi connectivity index (χ0n) is 6.63. The molecule has 0 bridgehead atoms. The second kappa shape index (κ2) is 1.22. The molecule has 0 nitrogen and oxygen atoms in total. The van der Waals surface area contributed by atoms with Gasteiger partial charge in [-0.1, -0.05) is 0 Å². The molecule has 12 heavy (non-hydrogen) atoms. The molecule has 0 aliphatic heterocycles. The average Bonchev–Trinajstić information content (AvgIpc) is 2.16. The number of hydrogen-bond acceptors (Lipinski definition) is 0. The normalized spacial score (nSPS) is 88.5. The first-order chi connectivity index (χ1) is 5.86. The fourth-order valence-electron chi connectivity index (χ4n) is 6.59. The lowest BCUT2D eigenvalue weighted by molar-refractivity contribution is -0.650. The third-order valence-corrected chi connectivity index (χ3v) is 7.45. The van der Waals surface area contributed by atoms with E-state index >= 15 is 0 Å². The molecule has 0 spiro atoms. The van der Waals surface area contributed by atoms with Gasteiger partial charge in [0.1, 0.15) is 0 Å². The highest BCUT2D eigenvalue weighted by molar-refractivity contribution is 6.20. The van der Waals surface area contributed by atoms with Crippen molar-refractivity contribution in [1.29, 1.82) is 0 Å². The summed E-state index contributed by atoms with van der Waals surface area (Å²) in [6.45, 7) is 0. The Morgan fingerprint density at radius 2 is 1.08 bits per heavy atom. The van der Waals surface area contributed by atoms with Crippen molar-refractivity contribution < 1.29 is 0 Å². The van der Waals surface area contributed by atoms with Crippen molar-refractivity contribution in [1.82, 2.24) is 0 Å². The minimum absolute atomic E-state index is 0.588. The van der Waals surface area contributed by atoms with Gasteiger partial charge in [0.15, 0.2) is 0 Å². The molecule has 0 aromatic carbocycles. The largest absolute Gasteiger partial charge is 0.126 e. The summed E-state index contributed by atoms with van der Waals surface area (Å²) < 4.78 is 0. The fraction of sp³-hybridized carbons (Fsp3) is 1.00. The third kappa shape index (κ3) is 0.213. The van der Waals surface area contributed by atoms with Gasteiger partial charge >= 0.3 is 0 Å². The minimum atomic E-state index is 0.588. The monoisotopic (exact) mass is 200 g/mol. The van der Waals surface area contributed by atoms with E-state index < -0.39 is 0 Å². The first kappa shape index (κ1) is 6.14. The van der Waals surface area contributed by atoms with Crippen LogP contribution in [0.5, 0.6) is 0 Å². The highest BCUT2D eigenvalue weighted by Gasteiger charge is 3.09. The van der Waals surface area contributed by atoms with Crippen LogP contribution in [-0.2, 0) is 0 Å². The molecule has 0 aromatic rings. The summed E-state index contributed by atoms with van der Waals surface area (Å²) in [6, 6.07) is 0. The third-order valence-electron chi connectivity index (χ3n) is 6.57. The van der Waals surface area contributed by atoms with Gasteiger partial charge < -0.3 is 0 Å². The Morgan fingerprint density at radius 3 is 1.33 bits per heavy atom. The predicted octanol–water partition coefficient (Wildman–Crippen LogP) is 2.20. The second-order valence-corrected chi connectivity index (χ2v) is 6.14. The number of halogens is 2. The minimum Gasteiger partial charge on any atom is -0.126 e. The smallest absolute Gasteiger partial charge is 0.0291 e. The lowest BCUT2D eigenvalue weighted by atomic mass is 8.92. The van der Waals surface area contributed by atoms with Gasteiger partial charge in [-0.3, -0.25) is 0 Å². The molecule has 6 aliphatic carbocycles. The Morgan fingerprint density at radius 1 is 0.750 bits per heavy atom. The van der Waals surface area contributed by atoms with Gasteiger partial charge in [-0.2, -0.15) is 0 Å². The molecule has 0 saturated heterocycles. The number of hydrogen-bond donors (Lipinski definition) is 0. The molecule has 6 fully saturated rings. The van der Waals surface area contributed by atoms with E-state index in [9.17, 15) is 0 Å². The van der Waals surface area contributed by atoms with E-state index in [4.69, 9.17) is 23.2 Å². The van der Waals surface area contributed by atoms with Crippen molar-refractivity contribution in [2.24, 2.45) is 46.3 Å². The molecule has 64 valence electrons. The van der Waals surface area contributed by atoms with E-state index in [0.717, 1.165) is 47.3 Å². The van der Waals surface area contributed by atoms with Crippen LogP contribution in [0.4, 0.5) is 0 Å². The summed E-state index contributed by atoms with van der Waals surface area (Å²) in [5, 5.41) is 0. The molecule has 6 rings (SSSR count). The highest BCUT2D eigenvalue weighted by atomic mass is 35.5. The van der Waals surface area contributed by atoms with Crippen LogP contribution >= 0.6 is 23.2 Å². The van der Waals surface area contributed by atoms with Crippen LogP contribution in [0, 0.1) is 46.3 Å². The predicted molar refractivity (Wildman–Crippen MR) is 47.2 cm³/mol. The van der Waals surface area contributed by atoms with Gasteiger partial charge in [-0.15, -0.1) is 23.2 Å². The standard InChI is InChI=1S/C10H10Cl2/c11-1-9-5-3-4-7(5)10(9,2-12)8(4)6(3)9/h3-8H,1-2H2. The molecule has 0 radical (unpaired) electrons. The van der Waals surface area contributed by atoms with Crippen LogP contribution in [0.2, 0.25) is 0 Å². The van der Waals surface area contributed by atoms with E-state index in [-0.39, 0.29) is 0 Å². The number of rotatable bonds is 2. The van der Waals surface area contributed by atoms with Crippen molar-refractivity contribution in [3.63, 3.8) is 0 Å².